The van der Waals surface area contributed by atoms with Gasteiger partial charge in [0.15, 0.2) is 0 Å². The summed E-state index contributed by atoms with van der Waals surface area (Å²) < 4.78 is 0. The lowest BCUT2D eigenvalue weighted by atomic mass is 9.94. The third kappa shape index (κ3) is 3.97. The Kier molecular flexibility index (Phi) is 6.41. The Balaban J connectivity index is 0.00000208. The van der Waals surface area contributed by atoms with E-state index in [-0.39, 0.29) is 30.3 Å². The minimum absolute atomic E-state index is 0. The molecule has 0 saturated carbocycles. The maximum Gasteiger partial charge on any atom is 0.227 e. The summed E-state index contributed by atoms with van der Waals surface area (Å²) in [5.41, 5.74) is 8.65. The summed E-state index contributed by atoms with van der Waals surface area (Å²) in [5, 5.41) is 0. The topological polar surface area (TPSA) is 46.3 Å². The maximum absolute atomic E-state index is 12.8. The van der Waals surface area contributed by atoms with Gasteiger partial charge in [0.25, 0.3) is 0 Å². The molecule has 0 bridgehead atoms. The molecule has 0 aliphatic carbocycles. The van der Waals surface area contributed by atoms with E-state index in [1.165, 1.54) is 5.56 Å². The van der Waals surface area contributed by atoms with E-state index in [1.807, 2.05) is 48.2 Å². The zero-order valence-corrected chi connectivity index (χ0v) is 14.8. The first-order valence-corrected chi connectivity index (χ1v) is 8.31. The monoisotopic (exact) mass is 344 g/mol. The third-order valence-electron chi connectivity index (χ3n) is 4.88. The van der Waals surface area contributed by atoms with Crippen LogP contribution in [0.1, 0.15) is 36.4 Å². The summed E-state index contributed by atoms with van der Waals surface area (Å²) in [6.45, 7) is 3.56. The number of carbonyl (C=O) groups excluding carboxylic acids is 1. The smallest absolute Gasteiger partial charge is 0.227 e. The van der Waals surface area contributed by atoms with Crippen LogP contribution in [0.3, 0.4) is 0 Å². The number of likely N-dealkylation sites (tertiary alicyclic amines) is 1. The van der Waals surface area contributed by atoms with Gasteiger partial charge in [-0.05, 0) is 17.5 Å². The van der Waals surface area contributed by atoms with Gasteiger partial charge >= 0.3 is 0 Å². The molecule has 3 nitrogen and oxygen atoms in total. The first-order valence-electron chi connectivity index (χ1n) is 8.31. The minimum Gasteiger partial charge on any atom is -0.342 e. The van der Waals surface area contributed by atoms with Crippen LogP contribution in [-0.4, -0.2) is 23.9 Å². The number of hydrogen-bond acceptors (Lipinski definition) is 2. The van der Waals surface area contributed by atoms with Crippen LogP contribution >= 0.6 is 12.4 Å². The highest BCUT2D eigenvalue weighted by molar-refractivity contribution is 5.85. The Morgan fingerprint density at radius 3 is 2.29 bits per heavy atom. The quantitative estimate of drug-likeness (QED) is 0.917. The molecule has 2 aromatic carbocycles. The summed E-state index contributed by atoms with van der Waals surface area (Å²) in [5.74, 6) is 0.409. The summed E-state index contributed by atoms with van der Waals surface area (Å²) in [4.78, 5) is 14.8. The van der Waals surface area contributed by atoms with Gasteiger partial charge in [-0.1, -0.05) is 67.6 Å². The lowest BCUT2D eigenvalue weighted by molar-refractivity contribution is -0.134. The van der Waals surface area contributed by atoms with Crippen molar-refractivity contribution in [3.63, 3.8) is 0 Å². The number of halogens is 1. The van der Waals surface area contributed by atoms with Crippen molar-refractivity contribution >= 4 is 18.3 Å². The fraction of sp³-hybridized carbons (Fsp3) is 0.350. The second kappa shape index (κ2) is 8.32. The Morgan fingerprint density at radius 2 is 1.67 bits per heavy atom. The van der Waals surface area contributed by atoms with Crippen molar-refractivity contribution in [2.45, 2.75) is 25.3 Å². The third-order valence-corrected chi connectivity index (χ3v) is 4.88. The predicted molar refractivity (Wildman–Crippen MR) is 100 cm³/mol. The zero-order valence-electron chi connectivity index (χ0n) is 14.0. The van der Waals surface area contributed by atoms with Gasteiger partial charge in [-0.15, -0.1) is 12.4 Å². The van der Waals surface area contributed by atoms with E-state index in [9.17, 15) is 4.79 Å². The molecule has 0 radical (unpaired) electrons. The average Bonchev–Trinajstić information content (AvgIpc) is 3.11. The van der Waals surface area contributed by atoms with Crippen molar-refractivity contribution in [1.29, 1.82) is 0 Å². The van der Waals surface area contributed by atoms with Crippen molar-refractivity contribution < 1.29 is 4.79 Å². The number of carbonyl (C=O) groups is 1. The SMILES string of the molecule is CC(C(=O)N1CCC(c2ccccc2)C1)C(N)c1ccccc1.Cl. The van der Waals surface area contributed by atoms with Crippen molar-refractivity contribution in [1.82, 2.24) is 4.90 Å². The predicted octanol–water partition coefficient (Wildman–Crippen LogP) is 3.76. The minimum atomic E-state index is -0.250. The number of nitrogens with zero attached hydrogens (tertiary/aromatic N) is 1. The standard InChI is InChI=1S/C20H24N2O.ClH/c1-15(19(21)17-10-6-3-7-11-17)20(23)22-13-12-18(14-22)16-8-4-2-5-9-16;/h2-11,15,18-19H,12-14,21H2,1H3;1H. The average molecular weight is 345 g/mol. The first kappa shape index (κ1) is 18.5. The van der Waals surface area contributed by atoms with E-state index >= 15 is 0 Å². The summed E-state index contributed by atoms with van der Waals surface area (Å²) in [6, 6.07) is 20.1. The van der Waals surface area contributed by atoms with Gasteiger partial charge in [0.05, 0.1) is 5.92 Å². The van der Waals surface area contributed by atoms with Crippen molar-refractivity contribution in [3.05, 3.63) is 71.8 Å². The van der Waals surface area contributed by atoms with Gasteiger partial charge in [-0.2, -0.15) is 0 Å². The molecule has 3 atom stereocenters. The Morgan fingerprint density at radius 1 is 1.08 bits per heavy atom. The molecule has 0 aromatic heterocycles. The number of rotatable bonds is 4. The van der Waals surface area contributed by atoms with E-state index in [1.54, 1.807) is 0 Å². The summed E-state index contributed by atoms with van der Waals surface area (Å²) >= 11 is 0. The molecular weight excluding hydrogens is 320 g/mol. The van der Waals surface area contributed by atoms with E-state index in [4.69, 9.17) is 5.73 Å². The molecule has 1 saturated heterocycles. The molecule has 4 heteroatoms. The van der Waals surface area contributed by atoms with Gasteiger partial charge in [0, 0.05) is 25.0 Å². The fourth-order valence-electron chi connectivity index (χ4n) is 3.36. The second-order valence-corrected chi connectivity index (χ2v) is 6.41. The van der Waals surface area contributed by atoms with Crippen LogP contribution in [-0.2, 0) is 4.79 Å². The molecule has 3 rings (SSSR count). The van der Waals surface area contributed by atoms with Crippen LogP contribution in [0.25, 0.3) is 0 Å². The molecule has 1 aliphatic heterocycles. The fourth-order valence-corrected chi connectivity index (χ4v) is 3.36. The van der Waals surface area contributed by atoms with Gasteiger partial charge in [-0.3, -0.25) is 4.79 Å². The van der Waals surface area contributed by atoms with Gasteiger partial charge < -0.3 is 10.6 Å². The molecule has 0 spiro atoms. The molecule has 1 aliphatic rings. The van der Waals surface area contributed by atoms with E-state index < -0.39 is 0 Å². The maximum atomic E-state index is 12.8. The largest absolute Gasteiger partial charge is 0.342 e. The Labute approximate surface area is 150 Å². The molecule has 1 amide bonds. The summed E-state index contributed by atoms with van der Waals surface area (Å²) in [6.07, 6.45) is 1.03. The normalized spacial score (nSPS) is 19.4. The summed E-state index contributed by atoms with van der Waals surface area (Å²) in [7, 11) is 0. The van der Waals surface area contributed by atoms with Crippen molar-refractivity contribution in [3.8, 4) is 0 Å². The van der Waals surface area contributed by atoms with Gasteiger partial charge in [0.2, 0.25) is 5.91 Å². The lowest BCUT2D eigenvalue weighted by Gasteiger charge is -2.25. The zero-order chi connectivity index (χ0) is 16.2. The van der Waals surface area contributed by atoms with Crippen LogP contribution < -0.4 is 5.73 Å². The number of hydrogen-bond donors (Lipinski definition) is 1. The number of amides is 1. The molecule has 2 aromatic rings. The van der Waals surface area contributed by atoms with Crippen LogP contribution in [0, 0.1) is 5.92 Å². The van der Waals surface area contributed by atoms with Gasteiger partial charge in [-0.25, -0.2) is 0 Å². The van der Waals surface area contributed by atoms with Crippen molar-refractivity contribution in [2.24, 2.45) is 11.7 Å². The Bertz CT molecular complexity index is 647. The first-order chi connectivity index (χ1) is 11.2. The highest BCUT2D eigenvalue weighted by atomic mass is 35.5. The highest BCUT2D eigenvalue weighted by Crippen LogP contribution is 2.29. The van der Waals surface area contributed by atoms with E-state index in [0.29, 0.717) is 5.92 Å². The number of nitrogens with two attached hydrogens (primary N) is 1. The number of benzene rings is 2. The van der Waals surface area contributed by atoms with E-state index in [0.717, 1.165) is 25.1 Å². The molecule has 2 N–H and O–H groups in total. The van der Waals surface area contributed by atoms with Crippen LogP contribution in [0.15, 0.2) is 60.7 Å². The molecule has 3 unspecified atom stereocenters. The van der Waals surface area contributed by atoms with E-state index in [2.05, 4.69) is 24.3 Å². The molecular formula is C20H25ClN2O. The highest BCUT2D eigenvalue weighted by Gasteiger charge is 2.32. The van der Waals surface area contributed by atoms with Crippen LogP contribution in [0.4, 0.5) is 0 Å². The van der Waals surface area contributed by atoms with Crippen LogP contribution in [0.5, 0.6) is 0 Å². The van der Waals surface area contributed by atoms with Gasteiger partial charge in [0.1, 0.15) is 0 Å². The second-order valence-electron chi connectivity index (χ2n) is 6.41. The molecule has 128 valence electrons. The Hall–Kier alpha value is -1.84. The lowest BCUT2D eigenvalue weighted by Crippen LogP contribution is -2.38. The molecule has 24 heavy (non-hydrogen) atoms. The molecule has 1 heterocycles. The van der Waals surface area contributed by atoms with Crippen LogP contribution in [0.2, 0.25) is 0 Å². The van der Waals surface area contributed by atoms with Crippen molar-refractivity contribution in [2.75, 3.05) is 13.1 Å². The molecule has 1 fully saturated rings.